The van der Waals surface area contributed by atoms with Crippen LogP contribution in [-0.2, 0) is 40.5 Å². The van der Waals surface area contributed by atoms with Gasteiger partial charge in [0, 0.05) is 5.39 Å². The van der Waals surface area contributed by atoms with E-state index in [2.05, 4.69) is 20.5 Å². The molecule has 22 heteroatoms. The SMILES string of the molecule is O=S(=O)(O)c1ccc(N=Nc2ccc(N=Nc3c(O)c(S(=O)(=O)O)cc4cc(S(=O)(=O)O)ccc34)c(S(=O)(=O)O)c2)cc1.[H-].[Na+]. The van der Waals surface area contributed by atoms with Crippen LogP contribution in [0.2, 0.25) is 0 Å². The first-order chi connectivity index (χ1) is 19.7. The van der Waals surface area contributed by atoms with Gasteiger partial charge in [-0.25, -0.2) is 0 Å². The monoisotopic (exact) mass is 696 g/mol. The third kappa shape index (κ3) is 8.08. The van der Waals surface area contributed by atoms with Crippen molar-refractivity contribution < 1.29 is 88.0 Å². The Morgan fingerprint density at radius 3 is 1.59 bits per heavy atom. The number of rotatable bonds is 8. The fourth-order valence-electron chi connectivity index (χ4n) is 3.55. The fourth-order valence-corrected chi connectivity index (χ4v) is 5.80. The average molecular weight is 697 g/mol. The molecule has 44 heavy (non-hydrogen) atoms. The van der Waals surface area contributed by atoms with Gasteiger partial charge in [0.05, 0.1) is 21.2 Å². The molecular weight excluding hydrogens is 680 g/mol. The average Bonchev–Trinajstić information content (AvgIpc) is 2.89. The first-order valence-electron chi connectivity index (χ1n) is 11.0. The molecule has 0 aromatic heterocycles. The van der Waals surface area contributed by atoms with Gasteiger partial charge in [-0.3, -0.25) is 18.2 Å². The molecule has 0 bridgehead atoms. The van der Waals surface area contributed by atoms with Crippen LogP contribution in [0.25, 0.3) is 10.8 Å². The molecule has 5 N–H and O–H groups in total. The third-order valence-corrected chi connectivity index (χ3v) is 8.96. The van der Waals surface area contributed by atoms with E-state index in [0.717, 1.165) is 42.5 Å². The Hall–Kier alpha value is -3.22. The molecular formula is C22H17N4NaO13S4. The molecule has 0 aliphatic carbocycles. The van der Waals surface area contributed by atoms with Crippen molar-refractivity contribution in [3.05, 3.63) is 66.7 Å². The van der Waals surface area contributed by atoms with Crippen molar-refractivity contribution in [1.29, 1.82) is 0 Å². The Kier molecular flexibility index (Phi) is 10.1. The summed E-state index contributed by atoms with van der Waals surface area (Å²) in [4.78, 5) is -3.05. The first kappa shape index (κ1) is 35.3. The van der Waals surface area contributed by atoms with Crippen molar-refractivity contribution in [1.82, 2.24) is 0 Å². The van der Waals surface area contributed by atoms with Crippen molar-refractivity contribution in [2.45, 2.75) is 19.6 Å². The number of hydrogen-bond acceptors (Lipinski definition) is 13. The van der Waals surface area contributed by atoms with Gasteiger partial charge < -0.3 is 6.53 Å². The summed E-state index contributed by atoms with van der Waals surface area (Å²) in [6.07, 6.45) is 0. The minimum atomic E-state index is -5.12. The van der Waals surface area contributed by atoms with Gasteiger partial charge in [-0.05, 0) is 66.0 Å². The zero-order valence-corrected chi connectivity index (χ0v) is 27.0. The van der Waals surface area contributed by atoms with E-state index in [1.807, 2.05) is 0 Å². The molecule has 0 heterocycles. The number of phenolic OH excluding ortho intramolecular Hbond substituents is 1. The summed E-state index contributed by atoms with van der Waals surface area (Å²) in [5.74, 6) is -1.14. The van der Waals surface area contributed by atoms with Crippen LogP contribution >= 0.6 is 0 Å². The molecule has 0 spiro atoms. The van der Waals surface area contributed by atoms with Gasteiger partial charge in [0.1, 0.15) is 21.2 Å². The van der Waals surface area contributed by atoms with Crippen LogP contribution < -0.4 is 29.6 Å². The van der Waals surface area contributed by atoms with Crippen LogP contribution in [0.1, 0.15) is 1.43 Å². The van der Waals surface area contributed by atoms with Gasteiger partial charge in [0.2, 0.25) is 0 Å². The van der Waals surface area contributed by atoms with Gasteiger partial charge in [-0.1, -0.05) is 6.07 Å². The Labute approximate surface area is 272 Å². The van der Waals surface area contributed by atoms with Crippen LogP contribution in [0, 0.1) is 0 Å². The Morgan fingerprint density at radius 1 is 0.523 bits per heavy atom. The molecule has 0 atom stereocenters. The van der Waals surface area contributed by atoms with E-state index in [-0.39, 0.29) is 53.1 Å². The van der Waals surface area contributed by atoms with E-state index in [9.17, 15) is 52.4 Å². The summed E-state index contributed by atoms with van der Waals surface area (Å²) < 4.78 is 131. The standard InChI is InChI=1S/C22H16N4O13S4.Na.H/c27-22-20(43(37,38)39)10-12-9-16(41(31,32)33)6-7-17(12)21(22)26-25-18-8-3-14(11-19(18)42(34,35)36)24-23-13-1-4-15(5-2-13)40(28,29)30;;/h1-11,27H,(H,28,29,30)(H,31,32,33)(H,34,35,36)(H,37,38,39);;/q;+1;-1. The Bertz CT molecular complexity index is 2300. The summed E-state index contributed by atoms with van der Waals surface area (Å²) in [5, 5.41) is 25.1. The molecule has 4 aromatic carbocycles. The van der Waals surface area contributed by atoms with Crippen molar-refractivity contribution in [3.63, 3.8) is 0 Å². The van der Waals surface area contributed by atoms with E-state index < -0.39 is 77.2 Å². The number of benzene rings is 4. The molecule has 0 aliphatic rings. The van der Waals surface area contributed by atoms with Crippen molar-refractivity contribution in [3.8, 4) is 5.75 Å². The molecule has 228 valence electrons. The molecule has 0 radical (unpaired) electrons. The predicted molar refractivity (Wildman–Crippen MR) is 147 cm³/mol. The van der Waals surface area contributed by atoms with E-state index in [1.165, 1.54) is 18.2 Å². The van der Waals surface area contributed by atoms with Gasteiger partial charge in [0.15, 0.2) is 5.75 Å². The summed E-state index contributed by atoms with van der Waals surface area (Å²) in [6.45, 7) is 0. The zero-order chi connectivity index (χ0) is 32.0. The normalized spacial score (nSPS) is 13.0. The number of aromatic hydroxyl groups is 1. The van der Waals surface area contributed by atoms with Crippen molar-refractivity contribution >= 4 is 74.0 Å². The molecule has 0 saturated carbocycles. The molecule has 0 saturated heterocycles. The topological polar surface area (TPSA) is 287 Å². The summed E-state index contributed by atoms with van der Waals surface area (Å²) in [6, 6.07) is 10.9. The van der Waals surface area contributed by atoms with Gasteiger partial charge in [0.25, 0.3) is 40.5 Å². The van der Waals surface area contributed by atoms with Gasteiger partial charge >= 0.3 is 29.6 Å². The molecule has 4 rings (SSSR count). The quantitative estimate of drug-likeness (QED) is 0.0992. The summed E-state index contributed by atoms with van der Waals surface area (Å²) in [5.41, 5.74) is -1.25. The predicted octanol–water partition coefficient (Wildman–Crippen LogP) is 1.48. The van der Waals surface area contributed by atoms with Crippen LogP contribution in [-0.4, -0.2) is 57.0 Å². The largest absolute Gasteiger partial charge is 1.00 e. The second-order valence-corrected chi connectivity index (χ2v) is 14.0. The van der Waals surface area contributed by atoms with E-state index in [0.29, 0.717) is 6.07 Å². The third-order valence-electron chi connectivity index (χ3n) is 5.49. The Morgan fingerprint density at radius 2 is 1.05 bits per heavy atom. The van der Waals surface area contributed by atoms with Gasteiger partial charge in [-0.15, -0.1) is 10.2 Å². The number of nitrogens with zero attached hydrogens (tertiary/aromatic N) is 4. The van der Waals surface area contributed by atoms with Crippen LogP contribution in [0.3, 0.4) is 0 Å². The first-order valence-corrected chi connectivity index (χ1v) is 16.8. The van der Waals surface area contributed by atoms with E-state index >= 15 is 0 Å². The maximum absolute atomic E-state index is 12.1. The number of fused-ring (bicyclic) bond motifs is 1. The second-order valence-electron chi connectivity index (χ2n) is 8.40. The number of azo groups is 2. The maximum atomic E-state index is 12.1. The van der Waals surface area contributed by atoms with Crippen molar-refractivity contribution in [2.24, 2.45) is 20.5 Å². The van der Waals surface area contributed by atoms with Crippen molar-refractivity contribution in [2.75, 3.05) is 0 Å². The summed E-state index contributed by atoms with van der Waals surface area (Å²) >= 11 is 0. The van der Waals surface area contributed by atoms with Crippen LogP contribution in [0.4, 0.5) is 22.7 Å². The smallest absolute Gasteiger partial charge is 1.00 e. The minimum absolute atomic E-state index is 0. The minimum Gasteiger partial charge on any atom is -1.00 e. The zero-order valence-electron chi connectivity index (χ0n) is 22.8. The number of hydrogen-bond donors (Lipinski definition) is 5. The summed E-state index contributed by atoms with van der Waals surface area (Å²) in [7, 11) is -19.3. The van der Waals surface area contributed by atoms with Crippen LogP contribution in [0.15, 0.2) is 107 Å². The number of phenols is 1. The maximum Gasteiger partial charge on any atom is 1.00 e. The molecule has 0 unspecified atom stereocenters. The Balaban J connectivity index is 0.00000353. The van der Waals surface area contributed by atoms with Crippen LogP contribution in [0.5, 0.6) is 5.75 Å². The van der Waals surface area contributed by atoms with E-state index in [1.54, 1.807) is 0 Å². The second kappa shape index (κ2) is 12.6. The molecule has 4 aromatic rings. The molecule has 17 nitrogen and oxygen atoms in total. The molecule has 0 fully saturated rings. The van der Waals surface area contributed by atoms with E-state index in [4.69, 9.17) is 4.55 Å². The molecule has 0 aliphatic heterocycles. The fraction of sp³-hybridized carbons (Fsp3) is 0. The molecule has 0 amide bonds. The van der Waals surface area contributed by atoms with Gasteiger partial charge in [-0.2, -0.15) is 43.9 Å².